The van der Waals surface area contributed by atoms with E-state index in [9.17, 15) is 68.3 Å². The highest BCUT2D eigenvalue weighted by Crippen LogP contribution is 2.18. The van der Waals surface area contributed by atoms with Gasteiger partial charge in [-0.15, -0.1) is 0 Å². The summed E-state index contributed by atoms with van der Waals surface area (Å²) in [5, 5.41) is 52.3. The van der Waals surface area contributed by atoms with E-state index in [1.54, 1.807) is 20.8 Å². The van der Waals surface area contributed by atoms with Crippen molar-refractivity contribution < 1.29 is 67.8 Å². The van der Waals surface area contributed by atoms with E-state index in [1.165, 1.54) is 38.1 Å². The number of unbranched alkanes of at least 4 members (excludes halogenated alkanes) is 3. The average molecular weight is 1150 g/mol. The van der Waals surface area contributed by atoms with Gasteiger partial charge in [-0.05, 0) is 83.4 Å². The lowest BCUT2D eigenvalue weighted by atomic mass is 10.00. The highest BCUT2D eigenvalue weighted by Gasteiger charge is 2.37. The molecule has 1 aromatic rings. The van der Waals surface area contributed by atoms with Gasteiger partial charge in [0.05, 0.1) is 23.7 Å². The molecule has 9 amide bonds. The molecule has 30 nitrogen and oxygen atoms in total. The van der Waals surface area contributed by atoms with Crippen LogP contribution in [-0.4, -0.2) is 160 Å². The second kappa shape index (κ2) is 38.0. The van der Waals surface area contributed by atoms with E-state index in [-0.39, 0.29) is 56.2 Å². The number of carbonyl (C=O) groups excluding carboxylic acids is 9. The van der Waals surface area contributed by atoms with Crippen LogP contribution in [0, 0.1) is 16.0 Å². The first-order valence-electron chi connectivity index (χ1n) is 27.2. The number of carbonyl (C=O) groups is 10. The lowest BCUT2D eigenvalue weighted by Gasteiger charge is -2.30. The van der Waals surface area contributed by atoms with Gasteiger partial charge in [0.1, 0.15) is 54.1 Å². The molecule has 1 rings (SSSR count). The highest BCUT2D eigenvalue weighted by atomic mass is 16.6. The van der Waals surface area contributed by atoms with E-state index >= 15 is 0 Å². The van der Waals surface area contributed by atoms with Gasteiger partial charge in [-0.3, -0.25) is 63.1 Å². The normalized spacial score (nSPS) is 14.7. The Hall–Kier alpha value is -7.73. The van der Waals surface area contributed by atoms with E-state index < -0.39 is 150 Å². The van der Waals surface area contributed by atoms with Crippen LogP contribution in [0.3, 0.4) is 0 Å². The van der Waals surface area contributed by atoms with Crippen LogP contribution in [0.15, 0.2) is 29.3 Å². The minimum absolute atomic E-state index is 0.0457. The predicted molar refractivity (Wildman–Crippen MR) is 297 cm³/mol. The van der Waals surface area contributed by atoms with Crippen molar-refractivity contribution in [1.82, 2.24) is 42.5 Å². The van der Waals surface area contributed by atoms with Crippen LogP contribution in [0.5, 0.6) is 5.75 Å². The molecule has 0 fully saturated rings. The third-order valence-corrected chi connectivity index (χ3v) is 12.6. The zero-order valence-electron chi connectivity index (χ0n) is 47.2. The molecular formula is C51H87N15O15. The van der Waals surface area contributed by atoms with Crippen LogP contribution in [0.4, 0.5) is 5.69 Å². The lowest BCUT2D eigenvalue weighted by molar-refractivity contribution is -0.384. The number of benzene rings is 1. The number of non-ortho nitro benzene ring substituents is 1. The number of nitrogens with two attached hydrogens (primary N) is 5. The predicted octanol–water partition coefficient (Wildman–Crippen LogP) is -2.46. The number of guanidine groups is 1. The molecule has 0 aromatic heterocycles. The van der Waals surface area contributed by atoms with Crippen molar-refractivity contribution in [3.63, 3.8) is 0 Å². The van der Waals surface area contributed by atoms with E-state index in [2.05, 4.69) is 47.5 Å². The number of aliphatic imine (C=N–C) groups is 1. The first-order chi connectivity index (χ1) is 38.2. The molecule has 456 valence electrons. The Balaban J connectivity index is 3.60. The maximum atomic E-state index is 14.4. The number of aliphatic carboxylic acids is 1. The van der Waals surface area contributed by atoms with Gasteiger partial charge in [-0.2, -0.15) is 0 Å². The maximum Gasteiger partial charge on any atom is 0.303 e. The number of aliphatic hydroxyl groups is 1. The molecule has 0 saturated heterocycles. The number of nitrogens with zero attached hydrogens (tertiary/aromatic N) is 2. The van der Waals surface area contributed by atoms with Gasteiger partial charge < -0.3 is 86.2 Å². The number of primary amides is 1. The topological polar surface area (TPSA) is 502 Å². The Labute approximate surface area is 471 Å². The van der Waals surface area contributed by atoms with Crippen LogP contribution >= 0.6 is 0 Å². The quantitative estimate of drug-likeness (QED) is 0.0106. The zero-order chi connectivity index (χ0) is 61.4. The van der Waals surface area contributed by atoms with E-state index in [0.29, 0.717) is 51.5 Å². The van der Waals surface area contributed by atoms with Crippen LogP contribution in [0.1, 0.15) is 131 Å². The largest absolute Gasteiger partial charge is 0.493 e. The lowest BCUT2D eigenvalue weighted by Crippen LogP contribution is -2.62. The molecule has 0 radical (unpaired) electrons. The van der Waals surface area contributed by atoms with E-state index in [4.69, 9.17) is 33.4 Å². The number of rotatable bonds is 41. The van der Waals surface area contributed by atoms with Gasteiger partial charge >= 0.3 is 5.97 Å². The van der Waals surface area contributed by atoms with Gasteiger partial charge in [-0.1, -0.05) is 59.8 Å². The molecule has 0 aliphatic carbocycles. The summed E-state index contributed by atoms with van der Waals surface area (Å²) in [6.45, 7) is 9.61. The number of ether oxygens (including phenoxy) is 1. The standard InChI is InChI=1S/C51H87N15O15/c1-7-9-15-34(42(54)70)60-43(71)30(6)59-46(74)37(22-23-39(68)69)63-50(78)41(38(67)24-27-81-32-20-18-31(19-21-32)66(79)80)65-48(76)35(16-10-8-2)62-49(77)40(28(3)4)64-47(75)36(17-13-26-57-51(55)56)61-44(72)29(5)58-45(73)33(53)14-11-12-25-52/h18-21,28-30,33-38,40-41,67H,7-17,22-27,52-53H2,1-6H3,(H2,54,70)(H,58,73)(H,59,74)(H,60,71)(H,61,72)(H,62,77)(H,63,78)(H,64,75)(H,65,76)(H,68,69)(H4,55,56,57)/t29-,30-,33-,34-,35-,36-,37-,38-,40-,41-/m0/s1. The van der Waals surface area contributed by atoms with Crippen molar-refractivity contribution in [3.8, 4) is 5.75 Å². The third kappa shape index (κ3) is 27.8. The summed E-state index contributed by atoms with van der Waals surface area (Å²) in [6, 6.07) is -7.40. The third-order valence-electron chi connectivity index (χ3n) is 12.6. The Bertz CT molecular complexity index is 2270. The van der Waals surface area contributed by atoms with E-state index in [0.717, 1.165) is 0 Å². The second-order valence-corrected chi connectivity index (χ2v) is 19.8. The summed E-state index contributed by atoms with van der Waals surface area (Å²) >= 11 is 0. The minimum Gasteiger partial charge on any atom is -0.493 e. The van der Waals surface area contributed by atoms with E-state index in [1.807, 2.05) is 6.92 Å². The Morgan fingerprint density at radius 1 is 0.593 bits per heavy atom. The van der Waals surface area contributed by atoms with Crippen LogP contribution in [0.25, 0.3) is 0 Å². The van der Waals surface area contributed by atoms with Crippen molar-refractivity contribution in [3.05, 3.63) is 34.4 Å². The first kappa shape index (κ1) is 71.3. The molecule has 0 heterocycles. The summed E-state index contributed by atoms with van der Waals surface area (Å²) in [7, 11) is 0. The molecule has 30 heteroatoms. The molecule has 0 aliphatic rings. The number of hydrogen-bond donors (Lipinski definition) is 15. The summed E-state index contributed by atoms with van der Waals surface area (Å²) in [5.41, 5.74) is 27.7. The Morgan fingerprint density at radius 2 is 1.06 bits per heavy atom. The summed E-state index contributed by atoms with van der Waals surface area (Å²) in [6.07, 6.45) is 0.361. The fraction of sp³-hybridized carbons (Fsp3) is 0.667. The van der Waals surface area contributed by atoms with Gasteiger partial charge in [0.25, 0.3) is 5.69 Å². The SMILES string of the molecule is CCCC[C@H](NC(=O)[C@H](C)NC(=O)[C@H](CCC(=O)O)NC(=O)[C@@H](NC(=O)[C@H](CCCC)NC(=O)[C@@H](NC(=O)[C@H](CCCN=C(N)N)NC(=O)[C@H](C)NC(=O)[C@@H](N)CCCCN)C(C)C)[C@@H](O)CCOc1ccc([N+](=O)[O-])cc1)C(N)=O. The fourth-order valence-electron chi connectivity index (χ4n) is 7.71. The van der Waals surface area contributed by atoms with Crippen molar-refractivity contribution in [2.75, 3.05) is 19.7 Å². The number of nitrogens with one attached hydrogen (secondary N) is 8. The van der Waals surface area contributed by atoms with Gasteiger partial charge in [0, 0.05) is 31.5 Å². The maximum absolute atomic E-state index is 14.4. The number of amides is 9. The molecule has 0 saturated carbocycles. The molecule has 1 aromatic carbocycles. The van der Waals surface area contributed by atoms with Gasteiger partial charge in [0.15, 0.2) is 5.96 Å². The molecule has 0 bridgehead atoms. The average Bonchev–Trinajstić information content (AvgIpc) is 3.40. The Kier molecular flexibility index (Phi) is 33.5. The molecule has 10 atom stereocenters. The smallest absolute Gasteiger partial charge is 0.303 e. The van der Waals surface area contributed by atoms with Crippen molar-refractivity contribution in [2.24, 2.45) is 39.6 Å². The number of carboxylic acid groups (broad SMARTS) is 1. The molecular weight excluding hydrogens is 1060 g/mol. The summed E-state index contributed by atoms with van der Waals surface area (Å²) in [4.78, 5) is 148. The summed E-state index contributed by atoms with van der Waals surface area (Å²) in [5.74, 6) is -10.1. The zero-order valence-corrected chi connectivity index (χ0v) is 47.2. The molecule has 81 heavy (non-hydrogen) atoms. The fourth-order valence-corrected chi connectivity index (χ4v) is 7.71. The number of nitro benzene ring substituents is 1. The summed E-state index contributed by atoms with van der Waals surface area (Å²) < 4.78 is 5.64. The number of nitro groups is 1. The van der Waals surface area contributed by atoms with Crippen LogP contribution in [0.2, 0.25) is 0 Å². The number of hydrogen-bond acceptors (Lipinski definition) is 17. The minimum atomic E-state index is -1.96. The number of aliphatic hydroxyl groups excluding tert-OH is 1. The molecule has 0 aliphatic heterocycles. The van der Waals surface area contributed by atoms with Crippen molar-refractivity contribution >= 4 is 70.8 Å². The monoisotopic (exact) mass is 1150 g/mol. The number of carboxylic acids is 1. The van der Waals surface area contributed by atoms with Crippen molar-refractivity contribution in [2.45, 2.75) is 192 Å². The Morgan fingerprint density at radius 3 is 1.56 bits per heavy atom. The molecule has 0 spiro atoms. The highest BCUT2D eigenvalue weighted by molar-refractivity contribution is 5.98. The first-order valence-corrected chi connectivity index (χ1v) is 27.2. The van der Waals surface area contributed by atoms with Crippen LogP contribution in [-0.2, 0) is 47.9 Å². The second-order valence-electron chi connectivity index (χ2n) is 19.8. The van der Waals surface area contributed by atoms with Crippen LogP contribution < -0.4 is 75.9 Å². The molecule has 20 N–H and O–H groups in total. The van der Waals surface area contributed by atoms with Gasteiger partial charge in [-0.25, -0.2) is 0 Å². The molecule has 0 unspecified atom stereocenters. The van der Waals surface area contributed by atoms with Gasteiger partial charge in [0.2, 0.25) is 53.2 Å². The van der Waals surface area contributed by atoms with Crippen molar-refractivity contribution in [1.29, 1.82) is 0 Å².